The van der Waals surface area contributed by atoms with Crippen LogP contribution in [0.15, 0.2) is 18.2 Å². The molecule has 2 rings (SSSR count). The van der Waals surface area contributed by atoms with E-state index in [2.05, 4.69) is 0 Å². The normalized spacial score (nSPS) is 18.3. The van der Waals surface area contributed by atoms with E-state index in [0.717, 1.165) is 6.07 Å². The summed E-state index contributed by atoms with van der Waals surface area (Å²) < 4.78 is 56.1. The molecule has 1 saturated heterocycles. The van der Waals surface area contributed by atoms with E-state index in [1.165, 1.54) is 4.90 Å². The van der Waals surface area contributed by atoms with Gasteiger partial charge in [0.1, 0.15) is 11.6 Å². The molecule has 132 valence electrons. The molecule has 9 heteroatoms. The molecule has 0 radical (unpaired) electrons. The third kappa shape index (κ3) is 4.36. The van der Waals surface area contributed by atoms with Crippen LogP contribution in [0.3, 0.4) is 0 Å². The van der Waals surface area contributed by atoms with Crippen molar-refractivity contribution in [1.29, 1.82) is 0 Å². The maximum absolute atomic E-state index is 13.2. The van der Waals surface area contributed by atoms with Crippen LogP contribution >= 0.6 is 0 Å². The Kier molecular flexibility index (Phi) is 5.30. The van der Waals surface area contributed by atoms with Crippen molar-refractivity contribution in [3.63, 3.8) is 0 Å². The van der Waals surface area contributed by atoms with Crippen molar-refractivity contribution in [2.24, 2.45) is 11.7 Å². The molecule has 0 aromatic heterocycles. The summed E-state index contributed by atoms with van der Waals surface area (Å²) >= 11 is 0. The Morgan fingerprint density at radius 1 is 1.33 bits per heavy atom. The van der Waals surface area contributed by atoms with Gasteiger partial charge in [0.25, 0.3) is 5.91 Å². The Hall–Kier alpha value is -2.32. The number of piperidine rings is 1. The number of ether oxygens (including phenoxy) is 1. The highest BCUT2D eigenvalue weighted by atomic mass is 19.4. The fourth-order valence-electron chi connectivity index (χ4n) is 2.48. The van der Waals surface area contributed by atoms with Gasteiger partial charge in [-0.1, -0.05) is 0 Å². The zero-order valence-electron chi connectivity index (χ0n) is 12.6. The minimum atomic E-state index is -4.85. The first-order chi connectivity index (χ1) is 11.2. The average molecular weight is 348 g/mol. The summed E-state index contributed by atoms with van der Waals surface area (Å²) in [6.45, 7) is 0.0757. The van der Waals surface area contributed by atoms with Gasteiger partial charge in [-0.2, -0.15) is 13.2 Å². The second kappa shape index (κ2) is 7.06. The van der Waals surface area contributed by atoms with Gasteiger partial charge in [-0.3, -0.25) is 9.59 Å². The number of nitrogens with zero attached hydrogens (tertiary/aromatic N) is 1. The zero-order valence-corrected chi connectivity index (χ0v) is 12.6. The molecule has 2 N–H and O–H groups in total. The van der Waals surface area contributed by atoms with Gasteiger partial charge in [0, 0.05) is 13.1 Å². The molecule has 0 saturated carbocycles. The first-order valence-corrected chi connectivity index (χ1v) is 7.25. The highest BCUT2D eigenvalue weighted by Gasteiger charge is 2.34. The molecule has 1 aromatic carbocycles. The fraction of sp³-hybridized carbons (Fsp3) is 0.467. The monoisotopic (exact) mass is 348 g/mol. The SMILES string of the molecule is NC(=O)[C@@H]1CCCN(C(=O)COc2ccc(F)c(C(F)(F)F)c2)C1. The average Bonchev–Trinajstić information content (AvgIpc) is 2.52. The number of halogens is 4. The van der Waals surface area contributed by atoms with Crippen molar-refractivity contribution >= 4 is 11.8 Å². The van der Waals surface area contributed by atoms with Gasteiger partial charge in [0.2, 0.25) is 5.91 Å². The van der Waals surface area contributed by atoms with Crippen LogP contribution in [0.2, 0.25) is 0 Å². The summed E-state index contributed by atoms with van der Waals surface area (Å²) in [6, 6.07) is 2.15. The Bertz CT molecular complexity index is 634. The molecular formula is C15H16F4N2O3. The van der Waals surface area contributed by atoms with Gasteiger partial charge in [-0.05, 0) is 31.0 Å². The third-order valence-corrected chi connectivity index (χ3v) is 3.78. The molecule has 0 aliphatic carbocycles. The van der Waals surface area contributed by atoms with Crippen molar-refractivity contribution in [3.8, 4) is 5.75 Å². The van der Waals surface area contributed by atoms with Crippen LogP contribution in [0.5, 0.6) is 5.75 Å². The molecule has 0 spiro atoms. The number of hydrogen-bond acceptors (Lipinski definition) is 3. The van der Waals surface area contributed by atoms with Gasteiger partial charge < -0.3 is 15.4 Å². The number of rotatable bonds is 4. The molecule has 2 amide bonds. The first kappa shape index (κ1) is 18.0. The lowest BCUT2D eigenvalue weighted by Crippen LogP contribution is -2.45. The number of carbonyl (C=O) groups excluding carboxylic acids is 2. The van der Waals surface area contributed by atoms with Gasteiger partial charge in [-0.25, -0.2) is 4.39 Å². The molecule has 1 aliphatic rings. The van der Waals surface area contributed by atoms with E-state index in [4.69, 9.17) is 10.5 Å². The highest BCUT2D eigenvalue weighted by molar-refractivity contribution is 5.81. The van der Waals surface area contributed by atoms with Gasteiger partial charge in [-0.15, -0.1) is 0 Å². The lowest BCUT2D eigenvalue weighted by Gasteiger charge is -2.31. The second-order valence-electron chi connectivity index (χ2n) is 5.51. The molecular weight excluding hydrogens is 332 g/mol. The number of primary amides is 1. The van der Waals surface area contributed by atoms with Crippen molar-refractivity contribution in [1.82, 2.24) is 4.90 Å². The number of likely N-dealkylation sites (tertiary alicyclic amines) is 1. The van der Waals surface area contributed by atoms with E-state index < -0.39 is 41.9 Å². The van der Waals surface area contributed by atoms with E-state index in [1.807, 2.05) is 0 Å². The molecule has 0 unspecified atom stereocenters. The molecule has 0 bridgehead atoms. The third-order valence-electron chi connectivity index (χ3n) is 3.78. The molecule has 1 aromatic rings. The maximum Gasteiger partial charge on any atom is 0.419 e. The van der Waals surface area contributed by atoms with Crippen LogP contribution in [0.4, 0.5) is 17.6 Å². The second-order valence-corrected chi connectivity index (χ2v) is 5.51. The highest BCUT2D eigenvalue weighted by Crippen LogP contribution is 2.33. The summed E-state index contributed by atoms with van der Waals surface area (Å²) in [5.41, 5.74) is 3.76. The summed E-state index contributed by atoms with van der Waals surface area (Å²) in [6.07, 6.45) is -3.66. The van der Waals surface area contributed by atoms with Crippen molar-refractivity contribution < 1.29 is 31.9 Å². The predicted octanol–water partition coefficient (Wildman–Crippen LogP) is 1.95. The smallest absolute Gasteiger partial charge is 0.419 e. The van der Waals surface area contributed by atoms with Crippen LogP contribution in [-0.4, -0.2) is 36.4 Å². The summed E-state index contributed by atoms with van der Waals surface area (Å²) in [5, 5.41) is 0. The number of benzene rings is 1. The van der Waals surface area contributed by atoms with Crippen LogP contribution in [0, 0.1) is 11.7 Å². The number of amides is 2. The fourth-order valence-corrected chi connectivity index (χ4v) is 2.48. The van der Waals surface area contributed by atoms with E-state index in [9.17, 15) is 27.2 Å². The lowest BCUT2D eigenvalue weighted by molar-refractivity contribution is -0.140. The summed E-state index contributed by atoms with van der Waals surface area (Å²) in [4.78, 5) is 24.6. The largest absolute Gasteiger partial charge is 0.484 e. The first-order valence-electron chi connectivity index (χ1n) is 7.25. The van der Waals surface area contributed by atoms with E-state index >= 15 is 0 Å². The number of nitrogens with two attached hydrogens (primary N) is 1. The summed E-state index contributed by atoms with van der Waals surface area (Å²) in [5.74, 6) is -3.09. The molecule has 24 heavy (non-hydrogen) atoms. The Morgan fingerprint density at radius 2 is 2.04 bits per heavy atom. The minimum absolute atomic E-state index is 0.161. The number of carbonyl (C=O) groups is 2. The quantitative estimate of drug-likeness (QED) is 0.846. The molecule has 1 aliphatic heterocycles. The van der Waals surface area contributed by atoms with E-state index in [0.29, 0.717) is 31.5 Å². The summed E-state index contributed by atoms with van der Waals surface area (Å²) in [7, 11) is 0. The van der Waals surface area contributed by atoms with Crippen LogP contribution in [0.1, 0.15) is 18.4 Å². The van der Waals surface area contributed by atoms with Crippen LogP contribution < -0.4 is 10.5 Å². The van der Waals surface area contributed by atoms with Gasteiger partial charge >= 0.3 is 6.18 Å². The lowest BCUT2D eigenvalue weighted by atomic mass is 9.97. The Labute approximate surface area is 135 Å². The Balaban J connectivity index is 1.98. The van der Waals surface area contributed by atoms with Gasteiger partial charge in [0.05, 0.1) is 11.5 Å². The Morgan fingerprint density at radius 3 is 2.67 bits per heavy atom. The number of hydrogen-bond donors (Lipinski definition) is 1. The van der Waals surface area contributed by atoms with Crippen LogP contribution in [-0.2, 0) is 15.8 Å². The maximum atomic E-state index is 13.2. The van der Waals surface area contributed by atoms with Crippen molar-refractivity contribution in [3.05, 3.63) is 29.6 Å². The number of alkyl halides is 3. The van der Waals surface area contributed by atoms with Crippen molar-refractivity contribution in [2.75, 3.05) is 19.7 Å². The van der Waals surface area contributed by atoms with E-state index in [-0.39, 0.29) is 12.3 Å². The topological polar surface area (TPSA) is 72.6 Å². The van der Waals surface area contributed by atoms with Gasteiger partial charge in [0.15, 0.2) is 6.61 Å². The van der Waals surface area contributed by atoms with Crippen molar-refractivity contribution in [2.45, 2.75) is 19.0 Å². The minimum Gasteiger partial charge on any atom is -0.484 e. The standard InChI is InChI=1S/C15H16F4N2O3/c16-12-4-3-10(6-11(12)15(17,18)19)24-8-13(22)21-5-1-2-9(7-21)14(20)23/h3-4,6,9H,1-2,5,7-8H2,(H2,20,23)/t9-/m1/s1. The van der Waals surface area contributed by atoms with Crippen LogP contribution in [0.25, 0.3) is 0 Å². The predicted molar refractivity (Wildman–Crippen MR) is 75.4 cm³/mol. The molecule has 1 fully saturated rings. The zero-order chi connectivity index (χ0) is 17.9. The molecule has 1 atom stereocenters. The molecule has 5 nitrogen and oxygen atoms in total. The molecule has 1 heterocycles. The van der Waals surface area contributed by atoms with E-state index in [1.54, 1.807) is 0 Å².